The average molecular weight is 568 g/mol. The minimum atomic E-state index is -0.571. The van der Waals surface area contributed by atoms with Gasteiger partial charge in [-0.25, -0.2) is 4.98 Å². The number of rotatable bonds is 11. The Morgan fingerprint density at radius 1 is 1.13 bits per heavy atom. The first-order chi connectivity index (χ1) is 18.8. The monoisotopic (exact) mass is 567 g/mol. The molecule has 39 heavy (non-hydrogen) atoms. The highest BCUT2D eigenvalue weighted by Crippen LogP contribution is 2.34. The van der Waals surface area contributed by atoms with E-state index in [0.717, 1.165) is 5.56 Å². The Morgan fingerprint density at radius 3 is 2.56 bits per heavy atom. The van der Waals surface area contributed by atoms with E-state index in [1.54, 1.807) is 29.4 Å². The van der Waals surface area contributed by atoms with E-state index in [2.05, 4.69) is 15.3 Å². The molecule has 3 heterocycles. The molecule has 10 nitrogen and oxygen atoms in total. The van der Waals surface area contributed by atoms with E-state index in [4.69, 9.17) is 28.9 Å². The van der Waals surface area contributed by atoms with Crippen LogP contribution in [0.2, 0.25) is 10.0 Å². The number of anilines is 2. The highest BCUT2D eigenvalue weighted by atomic mass is 35.5. The summed E-state index contributed by atoms with van der Waals surface area (Å²) in [7, 11) is 0. The van der Waals surface area contributed by atoms with Gasteiger partial charge in [0.05, 0.1) is 10.5 Å². The van der Waals surface area contributed by atoms with E-state index in [-0.39, 0.29) is 17.4 Å². The number of pyridine rings is 2. The van der Waals surface area contributed by atoms with Crippen molar-refractivity contribution in [3.05, 3.63) is 98.5 Å². The highest BCUT2D eigenvalue weighted by Gasteiger charge is 2.22. The number of hydrogen-bond acceptors (Lipinski definition) is 7. The Kier molecular flexibility index (Phi) is 9.00. The van der Waals surface area contributed by atoms with Crippen LogP contribution in [0.3, 0.4) is 0 Å². The number of carbonyl (C=O) groups excluding carboxylic acids is 1. The van der Waals surface area contributed by atoms with Crippen molar-refractivity contribution in [3.63, 3.8) is 0 Å². The lowest BCUT2D eigenvalue weighted by atomic mass is 10.0. The molecule has 1 aromatic carbocycles. The molecule has 0 spiro atoms. The number of aryl methyl sites for hydroxylation is 1. The van der Waals surface area contributed by atoms with Gasteiger partial charge in [0.15, 0.2) is 0 Å². The molecule has 3 aromatic heterocycles. The van der Waals surface area contributed by atoms with Gasteiger partial charge in [-0.05, 0) is 49.2 Å². The lowest BCUT2D eigenvalue weighted by molar-refractivity contribution is -0.384. The Labute approximate surface area is 235 Å². The first-order valence-electron chi connectivity index (χ1n) is 12.2. The van der Waals surface area contributed by atoms with Crippen LogP contribution in [-0.2, 0) is 13.1 Å². The number of nitrogens with one attached hydrogen (secondary N) is 1. The van der Waals surface area contributed by atoms with E-state index in [1.807, 2.05) is 42.1 Å². The summed E-state index contributed by atoms with van der Waals surface area (Å²) in [5, 5.41) is 15.0. The van der Waals surface area contributed by atoms with Gasteiger partial charge < -0.3 is 20.5 Å². The molecule has 0 saturated heterocycles. The first kappa shape index (κ1) is 27.9. The number of nitrogens with zero attached hydrogens (tertiary/aromatic N) is 5. The molecule has 202 valence electrons. The molecule has 12 heteroatoms. The summed E-state index contributed by atoms with van der Waals surface area (Å²) < 4.78 is 1.95. The molecule has 0 aliphatic rings. The third-order valence-electron chi connectivity index (χ3n) is 6.12. The van der Waals surface area contributed by atoms with E-state index < -0.39 is 4.92 Å². The molecule has 0 saturated carbocycles. The fourth-order valence-electron chi connectivity index (χ4n) is 4.13. The van der Waals surface area contributed by atoms with Crippen LogP contribution in [0, 0.1) is 10.1 Å². The van der Waals surface area contributed by atoms with Crippen molar-refractivity contribution in [1.29, 1.82) is 0 Å². The van der Waals surface area contributed by atoms with Gasteiger partial charge in [0.2, 0.25) is 5.82 Å². The molecule has 0 aliphatic carbocycles. The molecule has 3 N–H and O–H groups in total. The van der Waals surface area contributed by atoms with Crippen LogP contribution in [0.5, 0.6) is 0 Å². The number of hydrogen-bond donors (Lipinski definition) is 2. The SMILES string of the molecule is CCN(Cc1ccncc1)C(=O)c1cn(CCCNc2ccc([N+](=O)[O-])c(N)n2)cc1-c1ccc(Cl)cc1Cl. The smallest absolute Gasteiger partial charge is 0.311 e. The predicted molar refractivity (Wildman–Crippen MR) is 153 cm³/mol. The van der Waals surface area contributed by atoms with Crippen molar-refractivity contribution in [2.45, 2.75) is 26.4 Å². The molecule has 0 bridgehead atoms. The van der Waals surface area contributed by atoms with Crippen LogP contribution in [-0.4, -0.2) is 43.4 Å². The third kappa shape index (κ3) is 6.84. The molecule has 0 aliphatic heterocycles. The Hall–Kier alpha value is -4.15. The standard InChI is InChI=1S/C27H27Cl2N7O3/c1-2-35(15-18-8-11-31-12-9-18)27(37)22-17-34(16-21(22)20-5-4-19(28)14-23(20)29)13-3-10-32-25-7-6-24(36(38)39)26(30)33-25/h4-9,11-12,14,16-17H,2-3,10,13,15H2,1H3,(H3,30,32,33). The summed E-state index contributed by atoms with van der Waals surface area (Å²) in [5.74, 6) is 0.192. The molecule has 1 amide bonds. The van der Waals surface area contributed by atoms with Crippen LogP contribution in [0.1, 0.15) is 29.3 Å². The molecular weight excluding hydrogens is 541 g/mol. The van der Waals surface area contributed by atoms with Gasteiger partial charge in [0.1, 0.15) is 5.82 Å². The van der Waals surface area contributed by atoms with E-state index in [9.17, 15) is 14.9 Å². The second-order valence-corrected chi connectivity index (χ2v) is 9.60. The zero-order valence-electron chi connectivity index (χ0n) is 21.2. The van der Waals surface area contributed by atoms with Gasteiger partial charge in [-0.2, -0.15) is 0 Å². The normalized spacial score (nSPS) is 10.8. The molecule has 4 rings (SSSR count). The second-order valence-electron chi connectivity index (χ2n) is 8.76. The van der Waals surface area contributed by atoms with E-state index in [1.165, 1.54) is 12.1 Å². The first-order valence-corrected chi connectivity index (χ1v) is 13.0. The lowest BCUT2D eigenvalue weighted by Gasteiger charge is -2.21. The van der Waals surface area contributed by atoms with E-state index >= 15 is 0 Å². The molecule has 0 radical (unpaired) electrons. The number of halogens is 2. The van der Waals surface area contributed by atoms with Gasteiger partial charge in [-0.15, -0.1) is 0 Å². The van der Waals surface area contributed by atoms with Crippen molar-refractivity contribution in [1.82, 2.24) is 19.4 Å². The second kappa shape index (κ2) is 12.6. The number of nitrogens with two attached hydrogens (primary N) is 1. The Bertz CT molecular complexity index is 1480. The topological polar surface area (TPSA) is 132 Å². The summed E-state index contributed by atoms with van der Waals surface area (Å²) in [6, 6.07) is 11.8. The summed E-state index contributed by atoms with van der Waals surface area (Å²) >= 11 is 12.7. The minimum Gasteiger partial charge on any atom is -0.378 e. The molecule has 0 unspecified atom stereocenters. The van der Waals surface area contributed by atoms with Gasteiger partial charge in [0.25, 0.3) is 5.91 Å². The fourth-order valence-corrected chi connectivity index (χ4v) is 4.64. The van der Waals surface area contributed by atoms with Crippen molar-refractivity contribution >= 4 is 46.4 Å². The van der Waals surface area contributed by atoms with Crippen LogP contribution in [0.4, 0.5) is 17.3 Å². The number of nitrogen functional groups attached to an aromatic ring is 1. The van der Waals surface area contributed by atoms with Gasteiger partial charge in [0, 0.05) is 78.2 Å². The fraction of sp³-hybridized carbons (Fsp3) is 0.222. The van der Waals surface area contributed by atoms with E-state index in [0.29, 0.717) is 65.2 Å². The van der Waals surface area contributed by atoms with Crippen LogP contribution in [0.15, 0.2) is 67.3 Å². The lowest BCUT2D eigenvalue weighted by Crippen LogP contribution is -2.30. The van der Waals surface area contributed by atoms with Crippen molar-refractivity contribution in [2.75, 3.05) is 24.1 Å². The Balaban J connectivity index is 1.53. The number of benzene rings is 1. The maximum atomic E-state index is 13.7. The molecule has 0 fully saturated rings. The van der Waals surface area contributed by atoms with Crippen molar-refractivity contribution in [2.24, 2.45) is 0 Å². The quantitative estimate of drug-likeness (QED) is 0.131. The maximum absolute atomic E-state index is 13.7. The summed E-state index contributed by atoms with van der Waals surface area (Å²) in [6.07, 6.45) is 7.84. The Morgan fingerprint density at radius 2 is 1.90 bits per heavy atom. The van der Waals surface area contributed by atoms with Crippen molar-refractivity contribution < 1.29 is 9.72 Å². The van der Waals surface area contributed by atoms with Crippen LogP contribution in [0.25, 0.3) is 11.1 Å². The molecule has 0 atom stereocenters. The van der Waals surface area contributed by atoms with Gasteiger partial charge in [-0.3, -0.25) is 19.9 Å². The minimum absolute atomic E-state index is 0.113. The molecule has 4 aromatic rings. The van der Waals surface area contributed by atoms with Gasteiger partial charge >= 0.3 is 5.69 Å². The van der Waals surface area contributed by atoms with Crippen molar-refractivity contribution in [3.8, 4) is 11.1 Å². The van der Waals surface area contributed by atoms with Crippen LogP contribution >= 0.6 is 23.2 Å². The van der Waals surface area contributed by atoms with Gasteiger partial charge in [-0.1, -0.05) is 29.3 Å². The average Bonchev–Trinajstić information content (AvgIpc) is 3.33. The maximum Gasteiger partial charge on any atom is 0.311 e. The number of carbonyl (C=O) groups is 1. The highest BCUT2D eigenvalue weighted by molar-refractivity contribution is 6.36. The summed E-state index contributed by atoms with van der Waals surface area (Å²) in [5.41, 5.74) is 8.39. The number of nitro groups is 1. The third-order valence-corrected chi connectivity index (χ3v) is 6.67. The number of amides is 1. The van der Waals surface area contributed by atoms with Crippen LogP contribution < -0.4 is 11.1 Å². The zero-order valence-corrected chi connectivity index (χ0v) is 22.7. The number of aromatic nitrogens is 3. The molecular formula is C27H27Cl2N7O3. The predicted octanol–water partition coefficient (Wildman–Crippen LogP) is 5.91. The largest absolute Gasteiger partial charge is 0.378 e. The summed E-state index contributed by atoms with van der Waals surface area (Å²) in [6.45, 7) is 4.04. The summed E-state index contributed by atoms with van der Waals surface area (Å²) in [4.78, 5) is 34.0. The zero-order chi connectivity index (χ0) is 27.9.